The highest BCUT2D eigenvalue weighted by molar-refractivity contribution is 7.98. The molecule has 0 N–H and O–H groups in total. The predicted molar refractivity (Wildman–Crippen MR) is 93.5 cm³/mol. The van der Waals surface area contributed by atoms with E-state index in [0.29, 0.717) is 19.5 Å². The van der Waals surface area contributed by atoms with Crippen molar-refractivity contribution >= 4 is 30.0 Å². The van der Waals surface area contributed by atoms with Crippen LogP contribution in [-0.2, 0) is 19.1 Å². The van der Waals surface area contributed by atoms with Crippen molar-refractivity contribution < 1.29 is 19.1 Å². The molecule has 3 rings (SSSR count). The molecule has 25 heavy (non-hydrogen) atoms. The van der Waals surface area contributed by atoms with E-state index >= 15 is 0 Å². The predicted octanol–water partition coefficient (Wildman–Crippen LogP) is -0.397. The Kier molecular flexibility index (Phi) is 5.85. The van der Waals surface area contributed by atoms with Crippen LogP contribution in [0.2, 0.25) is 0 Å². The van der Waals surface area contributed by atoms with Crippen molar-refractivity contribution in [1.82, 2.24) is 19.8 Å². The SMILES string of the molecule is CSCC[C@H]1C(=O)N(CC2CCCO2)CC2N1C(=O)CN(C)N2C=O. The van der Waals surface area contributed by atoms with Crippen LogP contribution in [0.5, 0.6) is 0 Å². The Morgan fingerprint density at radius 2 is 2.16 bits per heavy atom. The second kappa shape index (κ2) is 7.92. The molecule has 2 unspecified atom stereocenters. The van der Waals surface area contributed by atoms with Crippen LogP contribution in [0.25, 0.3) is 0 Å². The van der Waals surface area contributed by atoms with Gasteiger partial charge in [-0.05, 0) is 31.3 Å². The largest absolute Gasteiger partial charge is 0.376 e. The number of nitrogens with zero attached hydrogens (tertiary/aromatic N) is 4. The molecular weight excluding hydrogens is 344 g/mol. The van der Waals surface area contributed by atoms with E-state index < -0.39 is 12.2 Å². The van der Waals surface area contributed by atoms with Crippen LogP contribution in [-0.4, -0.2) is 102 Å². The number of carbonyl (C=O) groups excluding carboxylic acids is 3. The summed E-state index contributed by atoms with van der Waals surface area (Å²) in [5.74, 6) is 0.670. The Morgan fingerprint density at radius 3 is 2.80 bits per heavy atom. The van der Waals surface area contributed by atoms with Gasteiger partial charge in [0.05, 0.1) is 19.2 Å². The van der Waals surface area contributed by atoms with Gasteiger partial charge in [-0.15, -0.1) is 0 Å². The second-order valence-corrected chi connectivity index (χ2v) is 7.74. The van der Waals surface area contributed by atoms with Gasteiger partial charge in [0.15, 0.2) is 0 Å². The first-order valence-corrected chi connectivity index (χ1v) is 10.1. The molecule has 0 saturated carbocycles. The van der Waals surface area contributed by atoms with E-state index in [1.54, 1.807) is 33.6 Å². The van der Waals surface area contributed by atoms with Gasteiger partial charge in [-0.3, -0.25) is 19.4 Å². The van der Waals surface area contributed by atoms with E-state index in [4.69, 9.17) is 4.74 Å². The van der Waals surface area contributed by atoms with Crippen LogP contribution in [0.1, 0.15) is 19.3 Å². The summed E-state index contributed by atoms with van der Waals surface area (Å²) in [5, 5.41) is 3.16. The molecule has 8 nitrogen and oxygen atoms in total. The van der Waals surface area contributed by atoms with E-state index in [9.17, 15) is 14.4 Å². The molecule has 0 aromatic rings. The summed E-state index contributed by atoms with van der Waals surface area (Å²) in [6.45, 7) is 1.72. The molecule has 0 aliphatic carbocycles. The summed E-state index contributed by atoms with van der Waals surface area (Å²) in [6, 6.07) is -0.503. The zero-order chi connectivity index (χ0) is 18.0. The first-order valence-electron chi connectivity index (χ1n) is 8.72. The number of piperazine rings is 1. The van der Waals surface area contributed by atoms with Crippen LogP contribution in [0.4, 0.5) is 0 Å². The quantitative estimate of drug-likeness (QED) is 0.593. The summed E-state index contributed by atoms with van der Waals surface area (Å²) in [4.78, 5) is 40.7. The maximum absolute atomic E-state index is 13.0. The molecule has 0 spiro atoms. The average Bonchev–Trinajstić information content (AvgIpc) is 3.08. The monoisotopic (exact) mass is 370 g/mol. The maximum atomic E-state index is 13.0. The lowest BCUT2D eigenvalue weighted by Crippen LogP contribution is -2.74. The summed E-state index contributed by atoms with van der Waals surface area (Å²) < 4.78 is 5.68. The van der Waals surface area contributed by atoms with Crippen molar-refractivity contribution in [2.75, 3.05) is 45.3 Å². The maximum Gasteiger partial charge on any atom is 0.245 e. The van der Waals surface area contributed by atoms with Crippen molar-refractivity contribution in [2.45, 2.75) is 37.6 Å². The van der Waals surface area contributed by atoms with E-state index in [1.807, 2.05) is 6.26 Å². The number of carbonyl (C=O) groups is 3. The van der Waals surface area contributed by atoms with Crippen LogP contribution in [0.3, 0.4) is 0 Å². The van der Waals surface area contributed by atoms with Gasteiger partial charge in [-0.25, -0.2) is 5.01 Å². The molecule has 9 heteroatoms. The zero-order valence-electron chi connectivity index (χ0n) is 14.8. The third-order valence-electron chi connectivity index (χ3n) is 5.14. The van der Waals surface area contributed by atoms with Gasteiger partial charge in [0.25, 0.3) is 0 Å². The molecule has 140 valence electrons. The average molecular weight is 370 g/mol. The molecule has 3 amide bonds. The number of hydrogen-bond acceptors (Lipinski definition) is 6. The summed E-state index contributed by atoms with van der Waals surface area (Å²) >= 11 is 1.65. The summed E-state index contributed by atoms with van der Waals surface area (Å²) in [7, 11) is 1.72. The lowest BCUT2D eigenvalue weighted by atomic mass is 10.0. The number of thioether (sulfide) groups is 1. The summed E-state index contributed by atoms with van der Waals surface area (Å²) in [5.41, 5.74) is 0. The first-order chi connectivity index (χ1) is 12.1. The van der Waals surface area contributed by atoms with Gasteiger partial charge in [0.2, 0.25) is 18.2 Å². The summed E-state index contributed by atoms with van der Waals surface area (Å²) in [6.07, 6.45) is 4.91. The zero-order valence-corrected chi connectivity index (χ0v) is 15.6. The Hall–Kier alpha value is -1.32. The number of amides is 3. The number of rotatable bonds is 6. The standard InChI is InChI=1S/C16H26N4O4S/c1-17-10-15(22)20-13(5-7-25-2)16(23)18(8-12-4-3-6-24-12)9-14(20)19(17)11-21/h11-14H,3-10H2,1-2H3/t12?,13-,14?/m0/s1. The van der Waals surface area contributed by atoms with Gasteiger partial charge < -0.3 is 14.5 Å². The Labute approximate surface area is 152 Å². The van der Waals surface area contributed by atoms with Gasteiger partial charge >= 0.3 is 0 Å². The number of hydrazine groups is 1. The highest BCUT2D eigenvalue weighted by Crippen LogP contribution is 2.28. The fourth-order valence-corrected chi connectivity index (χ4v) is 4.35. The lowest BCUT2D eigenvalue weighted by molar-refractivity contribution is -0.197. The van der Waals surface area contributed by atoms with Crippen LogP contribution >= 0.6 is 11.8 Å². The first kappa shape index (κ1) is 18.5. The van der Waals surface area contributed by atoms with Gasteiger partial charge in [-0.1, -0.05) is 0 Å². The minimum absolute atomic E-state index is 0.0236. The Balaban J connectivity index is 1.84. The van der Waals surface area contributed by atoms with Crippen molar-refractivity contribution in [2.24, 2.45) is 0 Å². The number of fused-ring (bicyclic) bond motifs is 1. The molecule has 0 aromatic heterocycles. The molecule has 0 radical (unpaired) electrons. The van der Waals surface area contributed by atoms with E-state index in [2.05, 4.69) is 0 Å². The lowest BCUT2D eigenvalue weighted by Gasteiger charge is -2.53. The Bertz CT molecular complexity index is 528. The van der Waals surface area contributed by atoms with E-state index in [-0.39, 0.29) is 24.5 Å². The fraction of sp³-hybridized carbons (Fsp3) is 0.812. The van der Waals surface area contributed by atoms with Crippen LogP contribution < -0.4 is 0 Å². The third kappa shape index (κ3) is 3.63. The normalized spacial score (nSPS) is 30.8. The number of hydrogen-bond donors (Lipinski definition) is 0. The fourth-order valence-electron chi connectivity index (χ4n) is 3.89. The van der Waals surface area contributed by atoms with E-state index in [0.717, 1.165) is 31.6 Å². The van der Waals surface area contributed by atoms with Gasteiger partial charge in [0, 0.05) is 20.2 Å². The van der Waals surface area contributed by atoms with Gasteiger partial charge in [0.1, 0.15) is 12.2 Å². The number of ether oxygens (including phenoxy) is 1. The molecule has 0 aromatic carbocycles. The van der Waals surface area contributed by atoms with Gasteiger partial charge in [-0.2, -0.15) is 11.8 Å². The third-order valence-corrected chi connectivity index (χ3v) is 5.78. The molecule has 3 aliphatic heterocycles. The molecule has 3 aliphatic rings. The molecule has 3 heterocycles. The minimum Gasteiger partial charge on any atom is -0.376 e. The smallest absolute Gasteiger partial charge is 0.245 e. The molecule has 3 saturated heterocycles. The van der Waals surface area contributed by atoms with E-state index in [1.165, 1.54) is 5.01 Å². The van der Waals surface area contributed by atoms with Crippen molar-refractivity contribution in [3.05, 3.63) is 0 Å². The minimum atomic E-state index is -0.503. The van der Waals surface area contributed by atoms with Crippen molar-refractivity contribution in [3.8, 4) is 0 Å². The molecule has 0 bridgehead atoms. The number of likely N-dealkylation sites (N-methyl/N-ethyl adjacent to an activating group) is 1. The van der Waals surface area contributed by atoms with Crippen LogP contribution in [0.15, 0.2) is 0 Å². The molecule has 3 fully saturated rings. The Morgan fingerprint density at radius 1 is 1.36 bits per heavy atom. The second-order valence-electron chi connectivity index (χ2n) is 6.76. The highest BCUT2D eigenvalue weighted by Gasteiger charge is 2.49. The molecular formula is C16H26N4O4S. The topological polar surface area (TPSA) is 73.4 Å². The highest BCUT2D eigenvalue weighted by atomic mass is 32.2. The van der Waals surface area contributed by atoms with Crippen LogP contribution in [0, 0.1) is 0 Å². The van der Waals surface area contributed by atoms with Crippen molar-refractivity contribution in [1.29, 1.82) is 0 Å². The van der Waals surface area contributed by atoms with Crippen molar-refractivity contribution in [3.63, 3.8) is 0 Å². The molecule has 3 atom stereocenters.